The van der Waals surface area contributed by atoms with E-state index >= 15 is 0 Å². The van der Waals surface area contributed by atoms with Crippen molar-refractivity contribution in [3.63, 3.8) is 0 Å². The molecule has 0 saturated heterocycles. The maximum absolute atomic E-state index is 3.48. The van der Waals surface area contributed by atoms with Crippen LogP contribution in [0.25, 0.3) is 10.9 Å². The molecule has 0 fully saturated rings. The van der Waals surface area contributed by atoms with Crippen molar-refractivity contribution in [1.29, 1.82) is 0 Å². The Labute approximate surface area is 78.8 Å². The average Bonchev–Trinajstić information content (AvgIpc) is 2.45. The number of aryl methyl sites for hydroxylation is 3. The number of H-pyrrole nitrogens is 1. The lowest BCUT2D eigenvalue weighted by Crippen LogP contribution is -1.81. The predicted octanol–water partition coefficient (Wildman–Crippen LogP) is 3.35. The maximum atomic E-state index is 3.48. The van der Waals surface area contributed by atoms with Crippen LogP contribution in [0.3, 0.4) is 0 Å². The quantitative estimate of drug-likeness (QED) is 0.680. The third kappa shape index (κ3) is 1.15. The van der Waals surface area contributed by atoms with Crippen LogP contribution in [0, 0.1) is 13.8 Å². The lowest BCUT2D eigenvalue weighted by atomic mass is 10.1. The van der Waals surface area contributed by atoms with Crippen LogP contribution in [0.5, 0.6) is 0 Å². The molecule has 2 rings (SSSR count). The summed E-state index contributed by atoms with van der Waals surface area (Å²) in [6, 6.07) is 6.46. The minimum absolute atomic E-state index is 1.08. The van der Waals surface area contributed by atoms with Crippen LogP contribution in [0.2, 0.25) is 0 Å². The Morgan fingerprint density at radius 1 is 1.23 bits per heavy atom. The number of aromatic amines is 1. The Morgan fingerprint density at radius 3 is 2.62 bits per heavy atom. The number of benzene rings is 1. The molecule has 0 bridgehead atoms. The van der Waals surface area contributed by atoms with Crippen molar-refractivity contribution >= 4 is 10.9 Å². The number of rotatable bonds is 1. The Morgan fingerprint density at radius 2 is 2.00 bits per heavy atom. The predicted molar refractivity (Wildman–Crippen MR) is 57.2 cm³/mol. The second-order valence-corrected chi connectivity index (χ2v) is 3.58. The first-order valence-electron chi connectivity index (χ1n) is 4.80. The zero-order chi connectivity index (χ0) is 9.42. The van der Waals surface area contributed by atoms with Crippen molar-refractivity contribution < 1.29 is 0 Å². The van der Waals surface area contributed by atoms with Crippen LogP contribution in [0.15, 0.2) is 18.2 Å². The van der Waals surface area contributed by atoms with Gasteiger partial charge >= 0.3 is 0 Å². The van der Waals surface area contributed by atoms with Gasteiger partial charge in [-0.1, -0.05) is 25.1 Å². The van der Waals surface area contributed by atoms with Gasteiger partial charge in [0.25, 0.3) is 0 Å². The van der Waals surface area contributed by atoms with Gasteiger partial charge in [-0.2, -0.15) is 0 Å². The summed E-state index contributed by atoms with van der Waals surface area (Å²) in [5.74, 6) is 0. The molecule has 1 heteroatoms. The highest BCUT2D eigenvalue weighted by Gasteiger charge is 2.06. The normalized spacial score (nSPS) is 11.0. The molecule has 1 N–H and O–H groups in total. The molecule has 1 nitrogen and oxygen atoms in total. The Balaban J connectivity index is 2.83. The van der Waals surface area contributed by atoms with E-state index in [4.69, 9.17) is 0 Å². The number of fused-ring (bicyclic) bond motifs is 1. The van der Waals surface area contributed by atoms with Crippen LogP contribution in [0.1, 0.15) is 23.7 Å². The Bertz CT molecular complexity index is 438. The number of para-hydroxylation sites is 1. The molecule has 0 radical (unpaired) electrons. The van der Waals surface area contributed by atoms with Crippen LogP contribution < -0.4 is 0 Å². The van der Waals surface area contributed by atoms with E-state index in [-0.39, 0.29) is 0 Å². The van der Waals surface area contributed by atoms with Gasteiger partial charge in [0.2, 0.25) is 0 Å². The Kier molecular flexibility index (Phi) is 1.87. The fraction of sp³-hybridized carbons (Fsp3) is 0.333. The lowest BCUT2D eigenvalue weighted by Gasteiger charge is -1.94. The number of hydrogen-bond acceptors (Lipinski definition) is 0. The molecule has 68 valence electrons. The minimum Gasteiger partial charge on any atom is -0.358 e. The first kappa shape index (κ1) is 8.36. The third-order valence-corrected chi connectivity index (χ3v) is 2.76. The highest BCUT2D eigenvalue weighted by Crippen LogP contribution is 2.24. The van der Waals surface area contributed by atoms with Gasteiger partial charge in [-0.3, -0.25) is 0 Å². The molecule has 0 saturated carbocycles. The lowest BCUT2D eigenvalue weighted by molar-refractivity contribution is 1.05. The molecule has 0 spiro atoms. The van der Waals surface area contributed by atoms with Crippen molar-refractivity contribution in [2.75, 3.05) is 0 Å². The summed E-state index contributed by atoms with van der Waals surface area (Å²) in [6.07, 6.45) is 1.08. The zero-order valence-electron chi connectivity index (χ0n) is 8.44. The van der Waals surface area contributed by atoms with Crippen molar-refractivity contribution in [1.82, 2.24) is 4.98 Å². The summed E-state index contributed by atoms with van der Waals surface area (Å²) in [6.45, 7) is 6.53. The van der Waals surface area contributed by atoms with Gasteiger partial charge < -0.3 is 4.98 Å². The van der Waals surface area contributed by atoms with Crippen molar-refractivity contribution in [2.24, 2.45) is 0 Å². The monoisotopic (exact) mass is 173 g/mol. The summed E-state index contributed by atoms with van der Waals surface area (Å²) in [5, 5.41) is 1.37. The molecular weight excluding hydrogens is 158 g/mol. The van der Waals surface area contributed by atoms with Gasteiger partial charge in [0.15, 0.2) is 0 Å². The van der Waals surface area contributed by atoms with Crippen LogP contribution in [-0.2, 0) is 6.42 Å². The minimum atomic E-state index is 1.08. The van der Waals surface area contributed by atoms with Crippen LogP contribution in [0.4, 0.5) is 0 Å². The molecule has 0 aliphatic rings. The molecule has 1 aromatic heterocycles. The van der Waals surface area contributed by atoms with E-state index in [1.807, 2.05) is 0 Å². The molecule has 0 atom stereocenters. The highest BCUT2D eigenvalue weighted by atomic mass is 14.7. The molecule has 0 aliphatic heterocycles. The topological polar surface area (TPSA) is 15.8 Å². The number of nitrogens with one attached hydrogen (secondary N) is 1. The van der Waals surface area contributed by atoms with E-state index in [1.165, 1.54) is 27.7 Å². The van der Waals surface area contributed by atoms with E-state index < -0.39 is 0 Å². The van der Waals surface area contributed by atoms with Gasteiger partial charge in [0.1, 0.15) is 0 Å². The van der Waals surface area contributed by atoms with Crippen LogP contribution >= 0.6 is 0 Å². The molecule has 0 unspecified atom stereocenters. The zero-order valence-corrected chi connectivity index (χ0v) is 8.44. The van der Waals surface area contributed by atoms with E-state index in [0.717, 1.165) is 6.42 Å². The van der Waals surface area contributed by atoms with Gasteiger partial charge in [-0.05, 0) is 31.4 Å². The molecule has 13 heavy (non-hydrogen) atoms. The van der Waals surface area contributed by atoms with E-state index in [1.54, 1.807) is 0 Å². The molecule has 0 aliphatic carbocycles. The molecule has 2 aromatic rings. The van der Waals surface area contributed by atoms with Crippen LogP contribution in [-0.4, -0.2) is 4.98 Å². The second-order valence-electron chi connectivity index (χ2n) is 3.58. The summed E-state index contributed by atoms with van der Waals surface area (Å²) in [5.41, 5.74) is 5.41. The maximum Gasteiger partial charge on any atom is 0.0488 e. The first-order valence-corrected chi connectivity index (χ1v) is 4.80. The first-order chi connectivity index (χ1) is 6.24. The third-order valence-electron chi connectivity index (χ3n) is 2.76. The smallest absolute Gasteiger partial charge is 0.0488 e. The summed E-state index contributed by atoms with van der Waals surface area (Å²) < 4.78 is 0. The van der Waals surface area contributed by atoms with Crippen molar-refractivity contribution in [3.8, 4) is 0 Å². The largest absolute Gasteiger partial charge is 0.358 e. The standard InChI is InChI=1S/C12H15N/c1-4-11-9(3)10-7-5-6-8(2)12(10)13-11/h5-7,13H,4H2,1-3H3. The summed E-state index contributed by atoms with van der Waals surface area (Å²) >= 11 is 0. The van der Waals surface area contributed by atoms with E-state index in [2.05, 4.69) is 44.0 Å². The van der Waals surface area contributed by atoms with Crippen molar-refractivity contribution in [2.45, 2.75) is 27.2 Å². The van der Waals surface area contributed by atoms with E-state index in [0.29, 0.717) is 0 Å². The van der Waals surface area contributed by atoms with Gasteiger partial charge in [-0.15, -0.1) is 0 Å². The highest BCUT2D eigenvalue weighted by molar-refractivity contribution is 5.86. The van der Waals surface area contributed by atoms with Crippen molar-refractivity contribution in [3.05, 3.63) is 35.0 Å². The SMILES string of the molecule is CCc1[nH]c2c(C)cccc2c1C. The van der Waals surface area contributed by atoms with E-state index in [9.17, 15) is 0 Å². The summed E-state index contributed by atoms with van der Waals surface area (Å²) in [7, 11) is 0. The number of hydrogen-bond donors (Lipinski definition) is 1. The van der Waals surface area contributed by atoms with Gasteiger partial charge in [0, 0.05) is 16.6 Å². The molecule has 1 heterocycles. The van der Waals surface area contributed by atoms with Gasteiger partial charge in [-0.25, -0.2) is 0 Å². The van der Waals surface area contributed by atoms with Gasteiger partial charge in [0.05, 0.1) is 0 Å². The second kappa shape index (κ2) is 2.91. The molecule has 0 amide bonds. The Hall–Kier alpha value is -1.24. The summed E-state index contributed by atoms with van der Waals surface area (Å²) in [4.78, 5) is 3.48. The number of aromatic nitrogens is 1. The fourth-order valence-corrected chi connectivity index (χ4v) is 1.91. The average molecular weight is 173 g/mol. The molecule has 1 aromatic carbocycles. The molecular formula is C12H15N. The fourth-order valence-electron chi connectivity index (χ4n) is 1.91.